The van der Waals surface area contributed by atoms with Gasteiger partial charge in [-0.2, -0.15) is 0 Å². The average molecular weight is 277 g/mol. The molecule has 21 heavy (non-hydrogen) atoms. The molecule has 0 fully saturated rings. The maximum absolute atomic E-state index is 4.72. The highest BCUT2D eigenvalue weighted by Crippen LogP contribution is 2.40. The van der Waals surface area contributed by atoms with E-state index < -0.39 is 0 Å². The fraction of sp³-hybridized carbons (Fsp3) is 0.278. The van der Waals surface area contributed by atoms with Crippen molar-refractivity contribution in [3.63, 3.8) is 0 Å². The molecule has 1 N–H and O–H groups in total. The van der Waals surface area contributed by atoms with Gasteiger partial charge in [-0.25, -0.2) is 4.98 Å². The van der Waals surface area contributed by atoms with E-state index in [0.29, 0.717) is 12.1 Å². The number of benzene rings is 2. The minimum absolute atomic E-state index is 0.345. The van der Waals surface area contributed by atoms with Crippen molar-refractivity contribution >= 4 is 11.0 Å². The van der Waals surface area contributed by atoms with E-state index >= 15 is 0 Å². The fourth-order valence-electron chi connectivity index (χ4n) is 3.75. The number of para-hydroxylation sites is 2. The molecular formula is C18H19N3. The fourth-order valence-corrected chi connectivity index (χ4v) is 3.75. The second-order valence-electron chi connectivity index (χ2n) is 5.75. The zero-order valence-corrected chi connectivity index (χ0v) is 12.4. The van der Waals surface area contributed by atoms with E-state index in [2.05, 4.69) is 65.3 Å². The van der Waals surface area contributed by atoms with E-state index in [1.165, 1.54) is 16.6 Å². The maximum Gasteiger partial charge on any atom is 0.107 e. The smallest absolute Gasteiger partial charge is 0.107 e. The van der Waals surface area contributed by atoms with Crippen LogP contribution in [-0.4, -0.2) is 16.6 Å². The number of aromatic nitrogens is 2. The standard InChI is InChI=1S/C18H19N3/c1-12-20-15-9-5-6-10-16(15)21(12)17-11-13-7-3-4-8-14(13)18(17)19-2/h3-10,17-19H,11H2,1-2H3. The van der Waals surface area contributed by atoms with Crippen molar-refractivity contribution in [1.29, 1.82) is 0 Å². The molecule has 1 heterocycles. The number of nitrogens with one attached hydrogen (secondary N) is 1. The van der Waals surface area contributed by atoms with Gasteiger partial charge in [0.15, 0.2) is 0 Å². The van der Waals surface area contributed by atoms with Gasteiger partial charge in [0, 0.05) is 0 Å². The maximum atomic E-state index is 4.72. The summed E-state index contributed by atoms with van der Waals surface area (Å²) in [6, 6.07) is 17.9. The molecule has 3 heteroatoms. The molecule has 1 aromatic heterocycles. The Morgan fingerprint density at radius 3 is 2.71 bits per heavy atom. The number of rotatable bonds is 2. The van der Waals surface area contributed by atoms with E-state index in [9.17, 15) is 0 Å². The number of imidazole rings is 1. The van der Waals surface area contributed by atoms with Crippen LogP contribution >= 0.6 is 0 Å². The largest absolute Gasteiger partial charge is 0.323 e. The summed E-state index contributed by atoms with van der Waals surface area (Å²) in [5.41, 5.74) is 5.18. The third-order valence-corrected chi connectivity index (χ3v) is 4.62. The van der Waals surface area contributed by atoms with Crippen LogP contribution in [0.15, 0.2) is 48.5 Å². The lowest BCUT2D eigenvalue weighted by molar-refractivity contribution is 0.404. The zero-order valence-electron chi connectivity index (χ0n) is 12.4. The van der Waals surface area contributed by atoms with E-state index in [-0.39, 0.29) is 0 Å². The van der Waals surface area contributed by atoms with Gasteiger partial charge >= 0.3 is 0 Å². The van der Waals surface area contributed by atoms with Crippen molar-refractivity contribution in [3.8, 4) is 0 Å². The van der Waals surface area contributed by atoms with Crippen molar-refractivity contribution in [3.05, 3.63) is 65.5 Å². The van der Waals surface area contributed by atoms with Gasteiger partial charge in [0.2, 0.25) is 0 Å². The van der Waals surface area contributed by atoms with Crippen molar-refractivity contribution in [2.45, 2.75) is 25.4 Å². The topological polar surface area (TPSA) is 29.9 Å². The molecule has 106 valence electrons. The second-order valence-corrected chi connectivity index (χ2v) is 5.75. The molecule has 0 saturated heterocycles. The monoisotopic (exact) mass is 277 g/mol. The first-order valence-electron chi connectivity index (χ1n) is 7.48. The summed E-state index contributed by atoms with van der Waals surface area (Å²) in [4.78, 5) is 4.72. The third kappa shape index (κ3) is 1.81. The minimum Gasteiger partial charge on any atom is -0.323 e. The molecule has 1 aliphatic carbocycles. The van der Waals surface area contributed by atoms with E-state index in [1.807, 2.05) is 7.05 Å². The molecule has 2 atom stereocenters. The summed E-state index contributed by atoms with van der Waals surface area (Å²) in [7, 11) is 2.05. The SMILES string of the molecule is CNC1c2ccccc2CC1n1c(C)nc2ccccc21. The number of nitrogens with zero attached hydrogens (tertiary/aromatic N) is 2. The van der Waals surface area contributed by atoms with Crippen molar-refractivity contribution in [2.75, 3.05) is 7.05 Å². The molecule has 0 spiro atoms. The number of fused-ring (bicyclic) bond motifs is 2. The molecule has 0 amide bonds. The number of hydrogen-bond donors (Lipinski definition) is 1. The number of aryl methyl sites for hydroxylation is 1. The van der Waals surface area contributed by atoms with Crippen LogP contribution in [-0.2, 0) is 6.42 Å². The number of likely N-dealkylation sites (N-methyl/N-ethyl adjacent to an activating group) is 1. The van der Waals surface area contributed by atoms with Gasteiger partial charge in [0.05, 0.1) is 23.1 Å². The van der Waals surface area contributed by atoms with Crippen LogP contribution < -0.4 is 5.32 Å². The summed E-state index contributed by atoms with van der Waals surface area (Å²) in [6.07, 6.45) is 1.06. The average Bonchev–Trinajstić information content (AvgIpc) is 3.02. The lowest BCUT2D eigenvalue weighted by atomic mass is 10.1. The van der Waals surface area contributed by atoms with E-state index in [0.717, 1.165) is 17.8 Å². The first-order chi connectivity index (χ1) is 10.3. The van der Waals surface area contributed by atoms with Crippen molar-refractivity contribution in [1.82, 2.24) is 14.9 Å². The van der Waals surface area contributed by atoms with Crippen molar-refractivity contribution in [2.24, 2.45) is 0 Å². The summed E-state index contributed by atoms with van der Waals surface area (Å²) < 4.78 is 2.40. The van der Waals surface area contributed by atoms with E-state index in [4.69, 9.17) is 4.98 Å². The summed E-state index contributed by atoms with van der Waals surface area (Å²) in [6.45, 7) is 2.11. The Balaban J connectivity index is 1.88. The summed E-state index contributed by atoms with van der Waals surface area (Å²) in [5.74, 6) is 1.09. The molecule has 0 aliphatic heterocycles. The minimum atomic E-state index is 0.345. The molecule has 1 aliphatic rings. The van der Waals surface area contributed by atoms with Gasteiger partial charge in [-0.15, -0.1) is 0 Å². The van der Waals surface area contributed by atoms with Gasteiger partial charge in [0.1, 0.15) is 5.82 Å². The highest BCUT2D eigenvalue weighted by atomic mass is 15.1. The molecule has 0 radical (unpaired) electrons. The Kier molecular flexibility index (Phi) is 2.82. The van der Waals surface area contributed by atoms with Gasteiger partial charge < -0.3 is 9.88 Å². The Bertz CT molecular complexity index is 803. The molecule has 0 saturated carbocycles. The quantitative estimate of drug-likeness (QED) is 0.778. The predicted molar refractivity (Wildman–Crippen MR) is 85.5 cm³/mol. The Morgan fingerprint density at radius 1 is 1.10 bits per heavy atom. The lowest BCUT2D eigenvalue weighted by Gasteiger charge is -2.23. The van der Waals surface area contributed by atoms with Crippen LogP contribution in [0.5, 0.6) is 0 Å². The first-order valence-corrected chi connectivity index (χ1v) is 7.48. The molecule has 2 aromatic carbocycles. The van der Waals surface area contributed by atoms with Gasteiger partial charge in [-0.1, -0.05) is 36.4 Å². The molecular weight excluding hydrogens is 258 g/mol. The van der Waals surface area contributed by atoms with Crippen LogP contribution in [0.25, 0.3) is 11.0 Å². The molecule has 3 nitrogen and oxygen atoms in total. The first kappa shape index (κ1) is 12.6. The predicted octanol–water partition coefficient (Wildman–Crippen LogP) is 3.40. The van der Waals surface area contributed by atoms with Gasteiger partial charge in [-0.05, 0) is 43.7 Å². The van der Waals surface area contributed by atoms with Crippen LogP contribution in [0, 0.1) is 6.92 Å². The highest BCUT2D eigenvalue weighted by Gasteiger charge is 2.33. The highest BCUT2D eigenvalue weighted by molar-refractivity contribution is 5.76. The van der Waals surface area contributed by atoms with Crippen LogP contribution in [0.4, 0.5) is 0 Å². The van der Waals surface area contributed by atoms with Crippen LogP contribution in [0.3, 0.4) is 0 Å². The van der Waals surface area contributed by atoms with Crippen molar-refractivity contribution < 1.29 is 0 Å². The van der Waals surface area contributed by atoms with E-state index in [1.54, 1.807) is 0 Å². The van der Waals surface area contributed by atoms with Gasteiger partial charge in [-0.3, -0.25) is 0 Å². The molecule has 3 aromatic rings. The Hall–Kier alpha value is -2.13. The Morgan fingerprint density at radius 2 is 1.86 bits per heavy atom. The second kappa shape index (κ2) is 4.71. The van der Waals surface area contributed by atoms with Crippen LogP contribution in [0.1, 0.15) is 29.0 Å². The molecule has 0 bridgehead atoms. The van der Waals surface area contributed by atoms with Gasteiger partial charge in [0.25, 0.3) is 0 Å². The lowest BCUT2D eigenvalue weighted by Crippen LogP contribution is -2.25. The third-order valence-electron chi connectivity index (χ3n) is 4.62. The normalized spacial score (nSPS) is 20.9. The number of hydrogen-bond acceptors (Lipinski definition) is 2. The Labute approximate surface area is 124 Å². The molecule has 4 rings (SSSR count). The summed E-state index contributed by atoms with van der Waals surface area (Å²) in [5, 5.41) is 3.50. The zero-order chi connectivity index (χ0) is 14.4. The van der Waals surface area contributed by atoms with Crippen LogP contribution in [0.2, 0.25) is 0 Å². The summed E-state index contributed by atoms with van der Waals surface area (Å²) >= 11 is 0. The molecule has 2 unspecified atom stereocenters.